The van der Waals surface area contributed by atoms with Gasteiger partial charge < -0.3 is 10.1 Å². The van der Waals surface area contributed by atoms with Crippen LogP contribution in [0.4, 0.5) is 10.1 Å². The molecule has 1 heterocycles. The van der Waals surface area contributed by atoms with Crippen molar-refractivity contribution in [1.82, 2.24) is 4.90 Å². The number of nitrogens with one attached hydrogen (secondary N) is 1. The van der Waals surface area contributed by atoms with Crippen molar-refractivity contribution in [2.24, 2.45) is 0 Å². The van der Waals surface area contributed by atoms with Crippen LogP contribution in [0.15, 0.2) is 54.2 Å². The molecule has 3 rings (SSSR count). The van der Waals surface area contributed by atoms with Crippen LogP contribution in [0.25, 0.3) is 0 Å². The highest BCUT2D eigenvalue weighted by atomic mass is 19.1. The fourth-order valence-electron chi connectivity index (χ4n) is 3.06. The number of Topliss-reactive ketones (excluding diaryl/α,β-unsaturated/α-hetero) is 1. The summed E-state index contributed by atoms with van der Waals surface area (Å²) < 4.78 is 19.6. The highest BCUT2D eigenvalue weighted by Crippen LogP contribution is 2.18. The predicted octanol–water partition coefficient (Wildman–Crippen LogP) is 4.16. The van der Waals surface area contributed by atoms with Crippen molar-refractivity contribution in [1.29, 1.82) is 0 Å². The number of anilines is 1. The number of carbonyl (C=O) groups excluding carboxylic acids is 1. The number of para-hydroxylation sites is 1. The Morgan fingerprint density at radius 1 is 1.22 bits per heavy atom. The number of aryl methyl sites for hydroxylation is 1. The number of morpholine rings is 1. The van der Waals surface area contributed by atoms with E-state index in [4.69, 9.17) is 4.74 Å². The number of rotatable bonds is 6. The summed E-state index contributed by atoms with van der Waals surface area (Å²) in [6.45, 7) is 7.48. The number of ether oxygens (including phenoxy) is 1. The molecule has 0 amide bonds. The van der Waals surface area contributed by atoms with E-state index in [1.54, 1.807) is 25.3 Å². The van der Waals surface area contributed by atoms with E-state index in [9.17, 15) is 9.18 Å². The molecule has 1 aliphatic heterocycles. The SMILES string of the molecule is CC(=CNc1ccccc1C)C(=O)c1cc(CN2CCOCC2)ccc1F. The van der Waals surface area contributed by atoms with Gasteiger partial charge in [-0.15, -0.1) is 0 Å². The van der Waals surface area contributed by atoms with Gasteiger partial charge in [-0.25, -0.2) is 4.39 Å². The molecular formula is C22H25FN2O2. The van der Waals surface area contributed by atoms with Crippen molar-refractivity contribution in [3.05, 3.63) is 76.7 Å². The van der Waals surface area contributed by atoms with Crippen molar-refractivity contribution in [3.63, 3.8) is 0 Å². The number of benzene rings is 2. The Morgan fingerprint density at radius 3 is 2.70 bits per heavy atom. The quantitative estimate of drug-likeness (QED) is 0.614. The second-order valence-electron chi connectivity index (χ2n) is 6.82. The van der Waals surface area contributed by atoms with E-state index in [1.807, 2.05) is 31.2 Å². The molecule has 27 heavy (non-hydrogen) atoms. The highest BCUT2D eigenvalue weighted by molar-refractivity contribution is 6.08. The molecule has 0 aliphatic carbocycles. The molecule has 4 nitrogen and oxygen atoms in total. The van der Waals surface area contributed by atoms with E-state index in [-0.39, 0.29) is 11.3 Å². The Morgan fingerprint density at radius 2 is 1.96 bits per heavy atom. The molecule has 0 unspecified atom stereocenters. The molecule has 0 aromatic heterocycles. The summed E-state index contributed by atoms with van der Waals surface area (Å²) in [7, 11) is 0. The normalized spacial score (nSPS) is 15.6. The summed E-state index contributed by atoms with van der Waals surface area (Å²) in [5.41, 5.74) is 3.50. The van der Waals surface area contributed by atoms with Gasteiger partial charge in [0.15, 0.2) is 5.78 Å². The minimum atomic E-state index is -0.491. The lowest BCUT2D eigenvalue weighted by atomic mass is 10.0. The van der Waals surface area contributed by atoms with Gasteiger partial charge in [-0.1, -0.05) is 24.3 Å². The van der Waals surface area contributed by atoms with Crippen molar-refractivity contribution in [2.45, 2.75) is 20.4 Å². The number of carbonyl (C=O) groups is 1. The van der Waals surface area contributed by atoms with Crippen LogP contribution in [0.5, 0.6) is 0 Å². The molecule has 1 fully saturated rings. The van der Waals surface area contributed by atoms with Crippen LogP contribution in [0.3, 0.4) is 0 Å². The van der Waals surface area contributed by atoms with Crippen LogP contribution in [0.1, 0.15) is 28.4 Å². The third-order valence-corrected chi connectivity index (χ3v) is 4.73. The number of hydrogen-bond acceptors (Lipinski definition) is 4. The summed E-state index contributed by atoms with van der Waals surface area (Å²) >= 11 is 0. The molecular weight excluding hydrogens is 343 g/mol. The molecule has 5 heteroatoms. The van der Waals surface area contributed by atoms with Crippen molar-refractivity contribution in [2.75, 3.05) is 31.6 Å². The van der Waals surface area contributed by atoms with Gasteiger partial charge in [-0.2, -0.15) is 0 Å². The van der Waals surface area contributed by atoms with E-state index < -0.39 is 5.82 Å². The van der Waals surface area contributed by atoms with Crippen LogP contribution in [-0.2, 0) is 11.3 Å². The monoisotopic (exact) mass is 368 g/mol. The average Bonchev–Trinajstić information content (AvgIpc) is 2.69. The second kappa shape index (κ2) is 8.93. The largest absolute Gasteiger partial charge is 0.379 e. The standard InChI is InChI=1S/C22H25FN2O2/c1-16-5-3-4-6-21(16)24-14-17(2)22(26)19-13-18(7-8-20(19)23)15-25-9-11-27-12-10-25/h3-8,13-14,24H,9-12,15H2,1-2H3. The molecule has 0 bridgehead atoms. The van der Waals surface area contributed by atoms with Crippen LogP contribution < -0.4 is 5.32 Å². The van der Waals surface area contributed by atoms with Crippen molar-refractivity contribution in [3.8, 4) is 0 Å². The Balaban J connectivity index is 1.73. The Labute approximate surface area is 159 Å². The summed E-state index contributed by atoms with van der Waals surface area (Å²) in [5, 5.41) is 3.14. The number of ketones is 1. The molecule has 1 saturated heterocycles. The van der Waals surface area contributed by atoms with Gasteiger partial charge in [-0.3, -0.25) is 9.69 Å². The first-order valence-corrected chi connectivity index (χ1v) is 9.17. The van der Waals surface area contributed by atoms with Crippen LogP contribution >= 0.6 is 0 Å². The summed E-state index contributed by atoms with van der Waals surface area (Å²) in [6.07, 6.45) is 1.64. The highest BCUT2D eigenvalue weighted by Gasteiger charge is 2.16. The molecule has 0 atom stereocenters. The average molecular weight is 368 g/mol. The van der Waals surface area contributed by atoms with Crippen molar-refractivity contribution < 1.29 is 13.9 Å². The maximum Gasteiger partial charge on any atom is 0.193 e. The summed E-state index contributed by atoms with van der Waals surface area (Å²) in [6, 6.07) is 12.6. The van der Waals surface area contributed by atoms with Crippen LogP contribution in [-0.4, -0.2) is 37.0 Å². The van der Waals surface area contributed by atoms with Crippen LogP contribution in [0.2, 0.25) is 0 Å². The Hall–Kier alpha value is -2.50. The zero-order valence-electron chi connectivity index (χ0n) is 15.8. The number of halogens is 1. The molecule has 0 spiro atoms. The van der Waals surface area contributed by atoms with Crippen LogP contribution in [0, 0.1) is 12.7 Å². The van der Waals surface area contributed by atoms with E-state index >= 15 is 0 Å². The first-order valence-electron chi connectivity index (χ1n) is 9.17. The number of allylic oxidation sites excluding steroid dienone is 1. The predicted molar refractivity (Wildman–Crippen MR) is 105 cm³/mol. The molecule has 0 radical (unpaired) electrons. The first-order chi connectivity index (χ1) is 13.0. The fraction of sp³-hybridized carbons (Fsp3) is 0.318. The van der Waals surface area contributed by atoms with Crippen molar-refractivity contribution >= 4 is 11.5 Å². The fourth-order valence-corrected chi connectivity index (χ4v) is 3.06. The molecule has 142 valence electrons. The summed E-state index contributed by atoms with van der Waals surface area (Å²) in [5.74, 6) is -0.799. The van der Waals surface area contributed by atoms with Gasteiger partial charge in [0.2, 0.25) is 0 Å². The maximum absolute atomic E-state index is 14.3. The first kappa shape index (κ1) is 19.3. The van der Waals surface area contributed by atoms with Gasteiger partial charge in [0.25, 0.3) is 0 Å². The second-order valence-corrected chi connectivity index (χ2v) is 6.82. The van der Waals surface area contributed by atoms with Gasteiger partial charge >= 0.3 is 0 Å². The molecule has 2 aromatic carbocycles. The minimum Gasteiger partial charge on any atom is -0.379 e. The number of hydrogen-bond donors (Lipinski definition) is 1. The minimum absolute atomic E-state index is 0.112. The third-order valence-electron chi connectivity index (χ3n) is 4.73. The van der Waals surface area contributed by atoms with E-state index in [2.05, 4.69) is 10.2 Å². The van der Waals surface area contributed by atoms with E-state index in [1.165, 1.54) is 6.07 Å². The van der Waals surface area contributed by atoms with Gasteiger partial charge in [0, 0.05) is 37.1 Å². The molecule has 1 aliphatic rings. The maximum atomic E-state index is 14.3. The Bertz CT molecular complexity index is 842. The third kappa shape index (κ3) is 5.02. The van der Waals surface area contributed by atoms with E-state index in [0.717, 1.165) is 29.9 Å². The topological polar surface area (TPSA) is 41.6 Å². The lowest BCUT2D eigenvalue weighted by Crippen LogP contribution is -2.35. The lowest BCUT2D eigenvalue weighted by molar-refractivity contribution is 0.0341. The smallest absolute Gasteiger partial charge is 0.193 e. The summed E-state index contributed by atoms with van der Waals surface area (Å²) in [4.78, 5) is 15.0. The zero-order chi connectivity index (χ0) is 19.2. The molecule has 0 saturated carbocycles. The van der Waals surface area contributed by atoms with Gasteiger partial charge in [0.1, 0.15) is 5.82 Å². The Kier molecular flexibility index (Phi) is 6.37. The van der Waals surface area contributed by atoms with Gasteiger partial charge in [-0.05, 0) is 43.2 Å². The molecule has 1 N–H and O–H groups in total. The number of nitrogens with zero attached hydrogens (tertiary/aromatic N) is 1. The zero-order valence-corrected chi connectivity index (χ0v) is 15.8. The lowest BCUT2D eigenvalue weighted by Gasteiger charge is -2.26. The van der Waals surface area contributed by atoms with Gasteiger partial charge in [0.05, 0.1) is 18.8 Å². The molecule has 2 aromatic rings. The van der Waals surface area contributed by atoms with E-state index in [0.29, 0.717) is 25.3 Å².